The normalized spacial score (nSPS) is 11.8. The van der Waals surface area contributed by atoms with E-state index in [-0.39, 0.29) is 33.8 Å². The molecule has 4 N–H and O–H groups in total. The summed E-state index contributed by atoms with van der Waals surface area (Å²) in [5.74, 6) is -0.944. The molecule has 9 heteroatoms. The van der Waals surface area contributed by atoms with Crippen molar-refractivity contribution in [1.29, 1.82) is 0 Å². The van der Waals surface area contributed by atoms with Crippen LogP contribution < -0.4 is 11.5 Å². The highest BCUT2D eigenvalue weighted by Crippen LogP contribution is 2.37. The number of amides is 1. The molecule has 0 aliphatic heterocycles. The fraction of sp³-hybridized carbons (Fsp3) is 0.0714. The number of hydrogen-bond acceptors (Lipinski definition) is 5. The van der Waals surface area contributed by atoms with Crippen LogP contribution in [0.5, 0.6) is 0 Å². The number of nitrogen functional groups attached to an aromatic ring is 1. The number of carbonyl (C=O) groups is 1. The molecular weight excluding hydrogens is 313 g/mol. The number of benzene rings is 1. The Morgan fingerprint density at radius 3 is 2.39 bits per heavy atom. The lowest BCUT2D eigenvalue weighted by Crippen LogP contribution is -2.11. The second-order valence-corrected chi connectivity index (χ2v) is 4.68. The minimum Gasteiger partial charge on any atom is -0.440 e. The molecule has 1 amide bonds. The van der Waals surface area contributed by atoms with Crippen molar-refractivity contribution in [2.45, 2.75) is 6.18 Å². The number of primary amides is 1. The van der Waals surface area contributed by atoms with Gasteiger partial charge in [-0.1, -0.05) is 6.07 Å². The quantitative estimate of drug-likeness (QED) is 0.754. The fourth-order valence-electron chi connectivity index (χ4n) is 2.20. The lowest BCUT2D eigenvalue weighted by Gasteiger charge is -2.06. The van der Waals surface area contributed by atoms with Gasteiger partial charge in [0, 0.05) is 17.8 Å². The van der Waals surface area contributed by atoms with E-state index in [4.69, 9.17) is 15.9 Å². The van der Waals surface area contributed by atoms with Crippen molar-refractivity contribution in [2.24, 2.45) is 5.73 Å². The summed E-state index contributed by atoms with van der Waals surface area (Å²) in [7, 11) is 0. The zero-order chi connectivity index (χ0) is 16.8. The largest absolute Gasteiger partial charge is 0.440 e. The summed E-state index contributed by atoms with van der Waals surface area (Å²) in [6, 6.07) is 4.54. The molecule has 0 unspecified atom stereocenters. The van der Waals surface area contributed by atoms with Crippen molar-refractivity contribution in [3.05, 3.63) is 41.7 Å². The summed E-state index contributed by atoms with van der Waals surface area (Å²) in [6.45, 7) is 0. The molecule has 3 rings (SSSR count). The molecule has 23 heavy (non-hydrogen) atoms. The van der Waals surface area contributed by atoms with Crippen molar-refractivity contribution in [1.82, 2.24) is 9.97 Å². The molecule has 2 aromatic heterocycles. The van der Waals surface area contributed by atoms with Gasteiger partial charge < -0.3 is 15.9 Å². The van der Waals surface area contributed by atoms with Gasteiger partial charge in [0.2, 0.25) is 11.8 Å². The van der Waals surface area contributed by atoms with Crippen LogP contribution in [-0.2, 0) is 6.18 Å². The molecule has 6 nitrogen and oxygen atoms in total. The third-order valence-electron chi connectivity index (χ3n) is 3.21. The first-order valence-corrected chi connectivity index (χ1v) is 6.29. The maximum atomic E-state index is 12.6. The van der Waals surface area contributed by atoms with Gasteiger partial charge in [-0.25, -0.2) is 9.97 Å². The van der Waals surface area contributed by atoms with Crippen molar-refractivity contribution >= 4 is 22.8 Å². The van der Waals surface area contributed by atoms with Gasteiger partial charge in [0.1, 0.15) is 5.58 Å². The van der Waals surface area contributed by atoms with Crippen LogP contribution in [0.15, 0.2) is 35.0 Å². The molecule has 0 radical (unpaired) electrons. The highest BCUT2D eigenvalue weighted by atomic mass is 19.4. The van der Waals surface area contributed by atoms with Crippen LogP contribution in [0.3, 0.4) is 0 Å². The predicted octanol–water partition coefficient (Wildman–Crippen LogP) is 2.59. The first-order chi connectivity index (χ1) is 10.8. The molecular formula is C14H9F3N4O2. The van der Waals surface area contributed by atoms with E-state index in [1.807, 2.05) is 0 Å². The lowest BCUT2D eigenvalue weighted by atomic mass is 10.0. The Morgan fingerprint density at radius 1 is 1.17 bits per heavy atom. The number of nitrogens with two attached hydrogens (primary N) is 2. The molecule has 0 bridgehead atoms. The zero-order valence-electron chi connectivity index (χ0n) is 11.4. The minimum atomic E-state index is -4.55. The molecule has 0 fully saturated rings. The van der Waals surface area contributed by atoms with Crippen molar-refractivity contribution in [3.63, 3.8) is 0 Å². The van der Waals surface area contributed by atoms with Crippen molar-refractivity contribution in [2.75, 3.05) is 5.73 Å². The van der Waals surface area contributed by atoms with Crippen LogP contribution >= 0.6 is 0 Å². The fourth-order valence-corrected chi connectivity index (χ4v) is 2.20. The summed E-state index contributed by atoms with van der Waals surface area (Å²) < 4.78 is 43.0. The summed E-state index contributed by atoms with van der Waals surface area (Å²) in [6.07, 6.45) is -3.29. The van der Waals surface area contributed by atoms with Crippen LogP contribution in [-0.4, -0.2) is 15.9 Å². The van der Waals surface area contributed by atoms with E-state index in [2.05, 4.69) is 9.97 Å². The third kappa shape index (κ3) is 2.45. The minimum absolute atomic E-state index is 0.0945. The topological polar surface area (TPSA) is 108 Å². The Kier molecular flexibility index (Phi) is 3.20. The number of fused-ring (bicyclic) bond motifs is 1. The van der Waals surface area contributed by atoms with Crippen molar-refractivity contribution < 1.29 is 22.4 Å². The van der Waals surface area contributed by atoms with E-state index in [1.54, 1.807) is 12.1 Å². The lowest BCUT2D eigenvalue weighted by molar-refractivity contribution is -0.138. The summed E-state index contributed by atoms with van der Waals surface area (Å²) in [5.41, 5.74) is 10.6. The van der Waals surface area contributed by atoms with E-state index >= 15 is 0 Å². The number of anilines is 1. The second-order valence-electron chi connectivity index (χ2n) is 4.68. The number of furan rings is 1. The standard InChI is InChI=1S/C14H9F3N4O2/c15-14(16,17)6-4-20-13(21-5-6)10-9-7(11(18)22)2-1-3-8(9)23-12(10)19/h1-5H,19H2,(H2,18,22). The average Bonchev–Trinajstić information content (AvgIpc) is 2.82. The Labute approximate surface area is 126 Å². The maximum Gasteiger partial charge on any atom is 0.419 e. The van der Waals surface area contributed by atoms with Gasteiger partial charge in [-0.15, -0.1) is 0 Å². The number of nitrogens with zero attached hydrogens (tertiary/aromatic N) is 2. The van der Waals surface area contributed by atoms with E-state index in [0.29, 0.717) is 12.4 Å². The van der Waals surface area contributed by atoms with E-state index in [9.17, 15) is 18.0 Å². The predicted molar refractivity (Wildman–Crippen MR) is 75.2 cm³/mol. The number of carbonyl (C=O) groups excluding carboxylic acids is 1. The zero-order valence-corrected chi connectivity index (χ0v) is 11.4. The molecule has 118 valence electrons. The van der Waals surface area contributed by atoms with E-state index < -0.39 is 17.6 Å². The third-order valence-corrected chi connectivity index (χ3v) is 3.21. The first-order valence-electron chi connectivity index (χ1n) is 6.29. The summed E-state index contributed by atoms with van der Waals surface area (Å²) >= 11 is 0. The molecule has 0 spiro atoms. The highest BCUT2D eigenvalue weighted by molar-refractivity contribution is 6.12. The van der Waals surface area contributed by atoms with Gasteiger partial charge in [0.15, 0.2) is 5.82 Å². The average molecular weight is 322 g/mol. The van der Waals surface area contributed by atoms with Gasteiger partial charge >= 0.3 is 6.18 Å². The van der Waals surface area contributed by atoms with Crippen LogP contribution in [0.4, 0.5) is 19.1 Å². The van der Waals surface area contributed by atoms with E-state index in [1.165, 1.54) is 6.07 Å². The number of halogens is 3. The van der Waals surface area contributed by atoms with Crippen LogP contribution in [0.2, 0.25) is 0 Å². The molecule has 0 aliphatic rings. The molecule has 3 aromatic rings. The Bertz CT molecular complexity index is 901. The second kappa shape index (κ2) is 4.97. The Hall–Kier alpha value is -3.10. The van der Waals surface area contributed by atoms with Gasteiger partial charge in [-0.2, -0.15) is 13.2 Å². The maximum absolute atomic E-state index is 12.6. The number of hydrogen-bond donors (Lipinski definition) is 2. The molecule has 0 atom stereocenters. The van der Waals surface area contributed by atoms with E-state index in [0.717, 1.165) is 0 Å². The summed E-state index contributed by atoms with van der Waals surface area (Å²) in [4.78, 5) is 18.9. The summed E-state index contributed by atoms with van der Waals surface area (Å²) in [5, 5.41) is 0.261. The molecule has 0 aliphatic carbocycles. The van der Waals surface area contributed by atoms with Gasteiger partial charge in [0.05, 0.1) is 16.7 Å². The molecule has 1 aromatic carbocycles. The molecule has 0 saturated heterocycles. The number of aromatic nitrogens is 2. The Morgan fingerprint density at radius 2 is 1.83 bits per heavy atom. The van der Waals surface area contributed by atoms with Gasteiger partial charge in [-0.05, 0) is 12.1 Å². The van der Waals surface area contributed by atoms with Crippen LogP contribution in [0.1, 0.15) is 15.9 Å². The molecule has 2 heterocycles. The highest BCUT2D eigenvalue weighted by Gasteiger charge is 2.32. The van der Waals surface area contributed by atoms with Crippen molar-refractivity contribution in [3.8, 4) is 11.4 Å². The van der Waals surface area contributed by atoms with Gasteiger partial charge in [0.25, 0.3) is 0 Å². The van der Waals surface area contributed by atoms with Crippen LogP contribution in [0.25, 0.3) is 22.4 Å². The molecule has 0 saturated carbocycles. The first kappa shape index (κ1) is 14.8. The van der Waals surface area contributed by atoms with Crippen LogP contribution in [0, 0.1) is 0 Å². The smallest absolute Gasteiger partial charge is 0.419 e. The Balaban J connectivity index is 2.24. The SMILES string of the molecule is NC(=O)c1cccc2oc(N)c(-c3ncc(C(F)(F)F)cn3)c12. The van der Waals surface area contributed by atoms with Gasteiger partial charge in [-0.3, -0.25) is 4.79 Å². The number of rotatable bonds is 2. The monoisotopic (exact) mass is 322 g/mol. The number of alkyl halides is 3.